The second kappa shape index (κ2) is 2.62. The van der Waals surface area contributed by atoms with Crippen molar-refractivity contribution in [3.05, 3.63) is 18.2 Å². The fourth-order valence-electron chi connectivity index (χ4n) is 0.800. The van der Waals surface area contributed by atoms with Crippen molar-refractivity contribution in [3.8, 4) is 0 Å². The van der Waals surface area contributed by atoms with Gasteiger partial charge in [-0.05, 0) is 20.8 Å². The maximum atomic E-state index is 10.5. The van der Waals surface area contributed by atoms with Crippen LogP contribution < -0.4 is 0 Å². The summed E-state index contributed by atoms with van der Waals surface area (Å²) in [6.45, 7) is 5.96. The molecule has 0 aromatic carbocycles. The summed E-state index contributed by atoms with van der Waals surface area (Å²) in [5, 5.41) is 8.59. The van der Waals surface area contributed by atoms with Gasteiger partial charge in [0.1, 0.15) is 0 Å². The van der Waals surface area contributed by atoms with Crippen LogP contribution in [-0.2, 0) is 5.54 Å². The SMILES string of the molecule is CC(C)(C)n1cnc(C(=O)O)c1. The van der Waals surface area contributed by atoms with Crippen LogP contribution in [0.15, 0.2) is 12.5 Å². The van der Waals surface area contributed by atoms with E-state index >= 15 is 0 Å². The number of imidazole rings is 1. The molecule has 0 radical (unpaired) electrons. The predicted octanol–water partition coefficient (Wildman–Crippen LogP) is 1.34. The van der Waals surface area contributed by atoms with E-state index in [1.807, 2.05) is 20.8 Å². The molecule has 0 bridgehead atoms. The van der Waals surface area contributed by atoms with Gasteiger partial charge in [-0.15, -0.1) is 0 Å². The molecule has 4 nitrogen and oxygen atoms in total. The molecule has 0 unspecified atom stereocenters. The van der Waals surface area contributed by atoms with Gasteiger partial charge in [-0.3, -0.25) is 0 Å². The average molecular weight is 168 g/mol. The van der Waals surface area contributed by atoms with Crippen LogP contribution in [0.4, 0.5) is 0 Å². The van der Waals surface area contributed by atoms with Crippen molar-refractivity contribution in [2.75, 3.05) is 0 Å². The molecule has 0 aliphatic rings. The third-order valence-corrected chi connectivity index (χ3v) is 1.58. The highest BCUT2D eigenvalue weighted by molar-refractivity contribution is 5.84. The number of rotatable bonds is 1. The van der Waals surface area contributed by atoms with Crippen molar-refractivity contribution in [2.45, 2.75) is 26.3 Å². The lowest BCUT2D eigenvalue weighted by Gasteiger charge is -2.19. The molecule has 0 atom stereocenters. The van der Waals surface area contributed by atoms with Gasteiger partial charge in [0.15, 0.2) is 5.69 Å². The summed E-state index contributed by atoms with van der Waals surface area (Å²) in [6.07, 6.45) is 3.06. The Kier molecular flexibility index (Phi) is 1.92. The second-order valence-corrected chi connectivity index (χ2v) is 3.64. The second-order valence-electron chi connectivity index (χ2n) is 3.64. The van der Waals surface area contributed by atoms with Crippen LogP contribution in [0.5, 0.6) is 0 Å². The summed E-state index contributed by atoms with van der Waals surface area (Å²) >= 11 is 0. The van der Waals surface area contributed by atoms with Gasteiger partial charge in [0.25, 0.3) is 0 Å². The molecule has 1 aromatic rings. The Hall–Kier alpha value is -1.32. The minimum Gasteiger partial charge on any atom is -0.476 e. The zero-order chi connectivity index (χ0) is 9.35. The van der Waals surface area contributed by atoms with E-state index in [2.05, 4.69) is 4.98 Å². The van der Waals surface area contributed by atoms with Crippen molar-refractivity contribution in [3.63, 3.8) is 0 Å². The first-order valence-electron chi connectivity index (χ1n) is 3.69. The van der Waals surface area contributed by atoms with Crippen molar-refractivity contribution in [2.24, 2.45) is 0 Å². The fraction of sp³-hybridized carbons (Fsp3) is 0.500. The smallest absolute Gasteiger partial charge is 0.356 e. The highest BCUT2D eigenvalue weighted by Crippen LogP contribution is 2.13. The Labute approximate surface area is 70.9 Å². The number of hydrogen-bond donors (Lipinski definition) is 1. The van der Waals surface area contributed by atoms with Crippen molar-refractivity contribution >= 4 is 5.97 Å². The molecular formula is C8H12N2O2. The number of aromatic nitrogens is 2. The molecule has 0 aliphatic carbocycles. The molecule has 66 valence electrons. The fourth-order valence-corrected chi connectivity index (χ4v) is 0.800. The van der Waals surface area contributed by atoms with E-state index in [1.54, 1.807) is 4.57 Å². The zero-order valence-electron chi connectivity index (χ0n) is 7.40. The van der Waals surface area contributed by atoms with E-state index in [4.69, 9.17) is 5.11 Å². The summed E-state index contributed by atoms with van der Waals surface area (Å²) in [4.78, 5) is 14.2. The normalized spacial score (nSPS) is 11.6. The first kappa shape index (κ1) is 8.77. The van der Waals surface area contributed by atoms with Gasteiger partial charge in [0.05, 0.1) is 6.33 Å². The molecule has 12 heavy (non-hydrogen) atoms. The van der Waals surface area contributed by atoms with Crippen molar-refractivity contribution in [1.82, 2.24) is 9.55 Å². The number of carboxylic acids is 1. The third-order valence-electron chi connectivity index (χ3n) is 1.58. The standard InChI is InChI=1S/C8H12N2O2/c1-8(2,3)10-4-6(7(11)12)9-5-10/h4-5H,1-3H3,(H,11,12). The molecule has 1 N–H and O–H groups in total. The maximum Gasteiger partial charge on any atom is 0.356 e. The van der Waals surface area contributed by atoms with Gasteiger partial charge >= 0.3 is 5.97 Å². The quantitative estimate of drug-likeness (QED) is 0.688. The Balaban J connectivity index is 3.00. The highest BCUT2D eigenvalue weighted by Gasteiger charge is 2.15. The molecule has 0 amide bonds. The number of hydrogen-bond acceptors (Lipinski definition) is 2. The molecule has 0 saturated heterocycles. The topological polar surface area (TPSA) is 55.1 Å². The Morgan fingerprint density at radius 1 is 1.58 bits per heavy atom. The summed E-state index contributed by atoms with van der Waals surface area (Å²) < 4.78 is 1.77. The Morgan fingerprint density at radius 3 is 2.42 bits per heavy atom. The molecule has 0 spiro atoms. The Bertz CT molecular complexity index is 296. The predicted molar refractivity (Wildman–Crippen MR) is 44.2 cm³/mol. The zero-order valence-corrected chi connectivity index (χ0v) is 7.40. The maximum absolute atomic E-state index is 10.5. The Morgan fingerprint density at radius 2 is 2.17 bits per heavy atom. The van der Waals surface area contributed by atoms with Gasteiger partial charge in [0.2, 0.25) is 0 Å². The number of carboxylic acid groups (broad SMARTS) is 1. The highest BCUT2D eigenvalue weighted by atomic mass is 16.4. The van der Waals surface area contributed by atoms with E-state index in [0.29, 0.717) is 0 Å². The summed E-state index contributed by atoms with van der Waals surface area (Å²) in [6, 6.07) is 0. The lowest BCUT2D eigenvalue weighted by Crippen LogP contribution is -2.19. The average Bonchev–Trinajstić information content (AvgIpc) is 2.30. The molecular weight excluding hydrogens is 156 g/mol. The van der Waals surface area contributed by atoms with E-state index in [9.17, 15) is 4.79 Å². The summed E-state index contributed by atoms with van der Waals surface area (Å²) in [7, 11) is 0. The molecule has 1 aromatic heterocycles. The first-order chi connectivity index (χ1) is 5.41. The minimum absolute atomic E-state index is 0.0879. The van der Waals surface area contributed by atoms with Crippen LogP contribution in [0.3, 0.4) is 0 Å². The first-order valence-corrected chi connectivity index (χ1v) is 3.69. The summed E-state index contributed by atoms with van der Waals surface area (Å²) in [5.74, 6) is -0.988. The van der Waals surface area contributed by atoms with Crippen LogP contribution in [0.2, 0.25) is 0 Å². The van der Waals surface area contributed by atoms with Gasteiger partial charge in [0, 0.05) is 11.7 Å². The van der Waals surface area contributed by atoms with Crippen LogP contribution in [0, 0.1) is 0 Å². The molecule has 1 rings (SSSR count). The molecule has 1 heterocycles. The van der Waals surface area contributed by atoms with Gasteiger partial charge in [-0.1, -0.05) is 0 Å². The minimum atomic E-state index is -0.988. The summed E-state index contributed by atoms with van der Waals surface area (Å²) in [5.41, 5.74) is -0.0225. The van der Waals surface area contributed by atoms with Crippen molar-refractivity contribution < 1.29 is 9.90 Å². The van der Waals surface area contributed by atoms with E-state index < -0.39 is 5.97 Å². The number of nitrogens with zero attached hydrogens (tertiary/aromatic N) is 2. The van der Waals surface area contributed by atoms with Gasteiger partial charge in [-0.2, -0.15) is 0 Å². The molecule has 0 fully saturated rings. The molecule has 4 heteroatoms. The lowest BCUT2D eigenvalue weighted by molar-refractivity contribution is 0.0691. The van der Waals surface area contributed by atoms with Crippen LogP contribution in [0.1, 0.15) is 31.3 Å². The number of aromatic carboxylic acids is 1. The van der Waals surface area contributed by atoms with Crippen LogP contribution in [-0.4, -0.2) is 20.6 Å². The molecule has 0 saturated carbocycles. The van der Waals surface area contributed by atoms with Crippen LogP contribution in [0.25, 0.3) is 0 Å². The van der Waals surface area contributed by atoms with Gasteiger partial charge < -0.3 is 9.67 Å². The van der Waals surface area contributed by atoms with E-state index in [-0.39, 0.29) is 11.2 Å². The lowest BCUT2D eigenvalue weighted by atomic mass is 10.1. The number of carbonyl (C=O) groups is 1. The van der Waals surface area contributed by atoms with Crippen molar-refractivity contribution in [1.29, 1.82) is 0 Å². The third kappa shape index (κ3) is 1.64. The van der Waals surface area contributed by atoms with E-state index in [0.717, 1.165) is 0 Å². The van der Waals surface area contributed by atoms with Crippen LogP contribution >= 0.6 is 0 Å². The monoisotopic (exact) mass is 168 g/mol. The van der Waals surface area contributed by atoms with E-state index in [1.165, 1.54) is 12.5 Å². The van der Waals surface area contributed by atoms with Gasteiger partial charge in [-0.25, -0.2) is 9.78 Å². The molecule has 0 aliphatic heterocycles. The largest absolute Gasteiger partial charge is 0.476 e.